The highest BCUT2D eigenvalue weighted by atomic mass is 16.5. The van der Waals surface area contributed by atoms with Gasteiger partial charge in [-0.25, -0.2) is 9.59 Å². The first-order valence-electron chi connectivity index (χ1n) is 7.92. The van der Waals surface area contributed by atoms with Crippen LogP contribution in [0, 0.1) is 0 Å². The number of hydrogen-bond donors (Lipinski definition) is 2. The third-order valence-electron chi connectivity index (χ3n) is 2.86. The summed E-state index contributed by atoms with van der Waals surface area (Å²) in [6.45, 7) is 5.70. The van der Waals surface area contributed by atoms with Crippen LogP contribution in [-0.4, -0.2) is 37.2 Å². The molecule has 0 aliphatic carbocycles. The van der Waals surface area contributed by atoms with Crippen LogP contribution in [0.2, 0.25) is 0 Å². The summed E-state index contributed by atoms with van der Waals surface area (Å²) in [6.07, 6.45) is 2.00. The van der Waals surface area contributed by atoms with E-state index in [1.54, 1.807) is 38.1 Å². The minimum Gasteiger partial charge on any atom is -0.494 e. The molecule has 0 bridgehead atoms. The number of amides is 3. The van der Waals surface area contributed by atoms with Gasteiger partial charge in [-0.15, -0.1) is 0 Å². The van der Waals surface area contributed by atoms with Gasteiger partial charge >= 0.3 is 12.0 Å². The SMILES string of the molecule is CCCCOc1ccc(C(=O)OCC(=O)NC(=O)NC(C)C)cc1. The third kappa shape index (κ3) is 7.62. The van der Waals surface area contributed by atoms with Crippen LogP contribution in [0.5, 0.6) is 5.75 Å². The summed E-state index contributed by atoms with van der Waals surface area (Å²) >= 11 is 0. The molecule has 0 aliphatic rings. The molecule has 132 valence electrons. The molecule has 0 radical (unpaired) electrons. The van der Waals surface area contributed by atoms with Gasteiger partial charge in [0.25, 0.3) is 5.91 Å². The molecule has 0 unspecified atom stereocenters. The van der Waals surface area contributed by atoms with Crippen LogP contribution in [0.15, 0.2) is 24.3 Å². The Hall–Kier alpha value is -2.57. The van der Waals surface area contributed by atoms with Crippen molar-refractivity contribution >= 4 is 17.9 Å². The average Bonchev–Trinajstić information content (AvgIpc) is 2.52. The number of urea groups is 1. The highest BCUT2D eigenvalue weighted by Crippen LogP contribution is 2.13. The molecule has 2 N–H and O–H groups in total. The fourth-order valence-corrected chi connectivity index (χ4v) is 1.70. The van der Waals surface area contributed by atoms with E-state index in [0.29, 0.717) is 17.9 Å². The molecule has 24 heavy (non-hydrogen) atoms. The van der Waals surface area contributed by atoms with E-state index in [2.05, 4.69) is 17.6 Å². The Balaban J connectivity index is 2.39. The number of imide groups is 1. The first-order chi connectivity index (χ1) is 11.4. The van der Waals surface area contributed by atoms with E-state index in [1.165, 1.54) is 0 Å². The molecule has 0 fully saturated rings. The van der Waals surface area contributed by atoms with E-state index in [0.717, 1.165) is 12.8 Å². The smallest absolute Gasteiger partial charge is 0.338 e. The van der Waals surface area contributed by atoms with Crippen molar-refractivity contribution in [2.75, 3.05) is 13.2 Å². The van der Waals surface area contributed by atoms with E-state index in [1.807, 2.05) is 0 Å². The minimum absolute atomic E-state index is 0.0987. The lowest BCUT2D eigenvalue weighted by molar-refractivity contribution is -0.123. The number of carbonyl (C=O) groups is 3. The number of hydrogen-bond acceptors (Lipinski definition) is 5. The maximum Gasteiger partial charge on any atom is 0.338 e. The molecule has 0 heterocycles. The van der Waals surface area contributed by atoms with Crippen molar-refractivity contribution in [2.45, 2.75) is 39.7 Å². The third-order valence-corrected chi connectivity index (χ3v) is 2.86. The molecular weight excluding hydrogens is 312 g/mol. The first-order valence-corrected chi connectivity index (χ1v) is 7.92. The summed E-state index contributed by atoms with van der Waals surface area (Å²) in [7, 11) is 0. The Morgan fingerprint density at radius 2 is 1.79 bits per heavy atom. The van der Waals surface area contributed by atoms with Gasteiger partial charge in [-0.3, -0.25) is 10.1 Å². The molecular formula is C17H24N2O5. The lowest BCUT2D eigenvalue weighted by Gasteiger charge is -2.09. The molecule has 1 rings (SSSR count). The second-order valence-electron chi connectivity index (χ2n) is 5.48. The highest BCUT2D eigenvalue weighted by molar-refractivity contribution is 5.97. The molecule has 0 spiro atoms. The number of esters is 1. The van der Waals surface area contributed by atoms with Crippen LogP contribution in [0.4, 0.5) is 4.79 Å². The van der Waals surface area contributed by atoms with Gasteiger partial charge in [-0.1, -0.05) is 13.3 Å². The summed E-state index contributed by atoms with van der Waals surface area (Å²) in [5.41, 5.74) is 0.303. The Morgan fingerprint density at radius 1 is 1.12 bits per heavy atom. The maximum atomic E-state index is 11.8. The predicted molar refractivity (Wildman–Crippen MR) is 88.9 cm³/mol. The average molecular weight is 336 g/mol. The van der Waals surface area contributed by atoms with E-state index in [9.17, 15) is 14.4 Å². The van der Waals surface area contributed by atoms with Crippen LogP contribution >= 0.6 is 0 Å². The zero-order valence-corrected chi connectivity index (χ0v) is 14.3. The molecule has 1 aromatic rings. The van der Waals surface area contributed by atoms with Crippen molar-refractivity contribution in [3.63, 3.8) is 0 Å². The van der Waals surface area contributed by atoms with Gasteiger partial charge < -0.3 is 14.8 Å². The van der Waals surface area contributed by atoms with E-state index in [-0.39, 0.29) is 6.04 Å². The van der Waals surface area contributed by atoms with Crippen LogP contribution in [-0.2, 0) is 9.53 Å². The van der Waals surface area contributed by atoms with Gasteiger partial charge in [0, 0.05) is 6.04 Å². The molecule has 0 aromatic heterocycles. The molecule has 3 amide bonds. The topological polar surface area (TPSA) is 93.7 Å². The first kappa shape index (κ1) is 19.5. The van der Waals surface area contributed by atoms with Crippen molar-refractivity contribution < 1.29 is 23.9 Å². The van der Waals surface area contributed by atoms with Gasteiger partial charge in [0.05, 0.1) is 12.2 Å². The summed E-state index contributed by atoms with van der Waals surface area (Å²) in [4.78, 5) is 34.7. The molecule has 7 nitrogen and oxygen atoms in total. The van der Waals surface area contributed by atoms with E-state index in [4.69, 9.17) is 9.47 Å². The van der Waals surface area contributed by atoms with Crippen LogP contribution < -0.4 is 15.4 Å². The number of carbonyl (C=O) groups excluding carboxylic acids is 3. The normalized spacial score (nSPS) is 10.2. The zero-order chi connectivity index (χ0) is 17.9. The number of unbranched alkanes of at least 4 members (excludes halogenated alkanes) is 1. The van der Waals surface area contributed by atoms with Crippen LogP contribution in [0.25, 0.3) is 0 Å². The zero-order valence-electron chi connectivity index (χ0n) is 14.3. The number of ether oxygens (including phenoxy) is 2. The predicted octanol–water partition coefficient (Wildman–Crippen LogP) is 2.26. The fraction of sp³-hybridized carbons (Fsp3) is 0.471. The highest BCUT2D eigenvalue weighted by Gasteiger charge is 2.13. The standard InChI is InChI=1S/C17H24N2O5/c1-4-5-10-23-14-8-6-13(7-9-14)16(21)24-11-15(20)19-17(22)18-12(2)3/h6-9,12H,4-5,10-11H2,1-3H3,(H2,18,19,20,22). The summed E-state index contributed by atoms with van der Waals surface area (Å²) < 4.78 is 10.4. The van der Waals surface area contributed by atoms with E-state index < -0.39 is 24.5 Å². The monoisotopic (exact) mass is 336 g/mol. The van der Waals surface area contributed by atoms with Crippen molar-refractivity contribution in [1.82, 2.24) is 10.6 Å². The van der Waals surface area contributed by atoms with Gasteiger partial charge in [0.2, 0.25) is 0 Å². The summed E-state index contributed by atoms with van der Waals surface area (Å²) in [5, 5.41) is 4.56. The molecule has 0 aliphatic heterocycles. The second kappa shape index (κ2) is 10.3. The van der Waals surface area contributed by atoms with Crippen molar-refractivity contribution in [3.05, 3.63) is 29.8 Å². The second-order valence-corrected chi connectivity index (χ2v) is 5.48. The molecule has 0 atom stereocenters. The van der Waals surface area contributed by atoms with Gasteiger partial charge in [0.1, 0.15) is 5.75 Å². The Bertz CT molecular complexity index is 555. The number of rotatable bonds is 8. The van der Waals surface area contributed by atoms with Gasteiger partial charge in [-0.05, 0) is 44.5 Å². The van der Waals surface area contributed by atoms with Crippen LogP contribution in [0.1, 0.15) is 44.0 Å². The number of benzene rings is 1. The lowest BCUT2D eigenvalue weighted by atomic mass is 10.2. The molecule has 7 heteroatoms. The summed E-state index contributed by atoms with van der Waals surface area (Å²) in [5.74, 6) is -0.668. The molecule has 0 saturated heterocycles. The van der Waals surface area contributed by atoms with Crippen molar-refractivity contribution in [2.24, 2.45) is 0 Å². The molecule has 1 aromatic carbocycles. The maximum absolute atomic E-state index is 11.8. The largest absolute Gasteiger partial charge is 0.494 e. The van der Waals surface area contributed by atoms with Gasteiger partial charge in [-0.2, -0.15) is 0 Å². The summed E-state index contributed by atoms with van der Waals surface area (Å²) in [6, 6.07) is 5.74. The minimum atomic E-state index is -0.694. The van der Waals surface area contributed by atoms with E-state index >= 15 is 0 Å². The quantitative estimate of drug-likeness (QED) is 0.561. The fourth-order valence-electron chi connectivity index (χ4n) is 1.70. The Labute approximate surface area is 141 Å². The van der Waals surface area contributed by atoms with Crippen molar-refractivity contribution in [3.8, 4) is 5.75 Å². The van der Waals surface area contributed by atoms with Gasteiger partial charge in [0.15, 0.2) is 6.61 Å². The van der Waals surface area contributed by atoms with Crippen LogP contribution in [0.3, 0.4) is 0 Å². The lowest BCUT2D eigenvalue weighted by Crippen LogP contribution is -2.44. The molecule has 0 saturated carbocycles. The van der Waals surface area contributed by atoms with Crippen molar-refractivity contribution in [1.29, 1.82) is 0 Å². The Morgan fingerprint density at radius 3 is 2.38 bits per heavy atom. The number of nitrogens with one attached hydrogen (secondary N) is 2. The Kier molecular flexibility index (Phi) is 8.32.